The van der Waals surface area contributed by atoms with E-state index in [2.05, 4.69) is 0 Å². The summed E-state index contributed by atoms with van der Waals surface area (Å²) >= 11 is 0. The number of aryl methyl sites for hydroxylation is 3. The van der Waals surface area contributed by atoms with Crippen molar-refractivity contribution in [1.82, 2.24) is 0 Å². The van der Waals surface area contributed by atoms with Crippen LogP contribution in [0.4, 0.5) is 5.69 Å². The van der Waals surface area contributed by atoms with Gasteiger partial charge in [0.05, 0.1) is 12.2 Å². The van der Waals surface area contributed by atoms with Gasteiger partial charge in [-0.15, -0.1) is 0 Å². The van der Waals surface area contributed by atoms with Crippen molar-refractivity contribution in [2.24, 2.45) is 11.8 Å². The van der Waals surface area contributed by atoms with Crippen molar-refractivity contribution in [3.63, 3.8) is 0 Å². The molecule has 0 radical (unpaired) electrons. The molecule has 2 amide bonds. The minimum atomic E-state index is -0.563. The van der Waals surface area contributed by atoms with Crippen molar-refractivity contribution in [1.29, 1.82) is 0 Å². The van der Waals surface area contributed by atoms with Crippen LogP contribution >= 0.6 is 0 Å². The molecule has 5 rings (SSSR count). The van der Waals surface area contributed by atoms with E-state index in [9.17, 15) is 14.4 Å². The molecule has 1 N–H and O–H groups in total. The maximum Gasteiger partial charge on any atom is 0.244 e. The quantitative estimate of drug-likeness (QED) is 0.630. The summed E-state index contributed by atoms with van der Waals surface area (Å²) < 4.78 is 0. The van der Waals surface area contributed by atoms with Gasteiger partial charge in [0.25, 0.3) is 0 Å². The first kappa shape index (κ1) is 19.2. The van der Waals surface area contributed by atoms with Crippen LogP contribution in [-0.2, 0) is 9.59 Å². The van der Waals surface area contributed by atoms with Gasteiger partial charge in [0, 0.05) is 18.4 Å². The zero-order valence-electron chi connectivity index (χ0n) is 17.6. The van der Waals surface area contributed by atoms with Gasteiger partial charge >= 0.3 is 0 Å². The predicted molar refractivity (Wildman–Crippen MR) is 114 cm³/mol. The van der Waals surface area contributed by atoms with E-state index in [1.165, 1.54) is 4.90 Å². The molecule has 1 unspecified atom stereocenters. The summed E-state index contributed by atoms with van der Waals surface area (Å²) in [4.78, 5) is 43.1. The Kier molecular flexibility index (Phi) is 4.40. The van der Waals surface area contributed by atoms with E-state index >= 15 is 0 Å². The van der Waals surface area contributed by atoms with Gasteiger partial charge in [-0.3, -0.25) is 14.4 Å². The van der Waals surface area contributed by atoms with Crippen molar-refractivity contribution in [2.45, 2.75) is 45.7 Å². The van der Waals surface area contributed by atoms with E-state index in [-0.39, 0.29) is 23.6 Å². The average molecular weight is 404 g/mol. The normalized spacial score (nSPS) is 30.0. The molecule has 3 aliphatic heterocycles. The molecule has 5 atom stereocenters. The predicted octanol–water partition coefficient (Wildman–Crippen LogP) is 2.03. The van der Waals surface area contributed by atoms with Gasteiger partial charge in [-0.2, -0.15) is 0 Å². The monoisotopic (exact) mass is 403 g/mol. The number of hydrogen-bond acceptors (Lipinski definition) is 3. The Morgan fingerprint density at radius 2 is 1.53 bits per heavy atom. The Hall–Kier alpha value is -2.79. The molecular formula is C25H27N2O3+. The fourth-order valence-electron chi connectivity index (χ4n) is 5.97. The molecule has 2 aromatic rings. The molecule has 3 saturated heterocycles. The third-order valence-electron chi connectivity index (χ3n) is 7.13. The number of anilines is 1. The number of quaternary nitrogens is 1. The van der Waals surface area contributed by atoms with Gasteiger partial charge in [-0.1, -0.05) is 35.9 Å². The summed E-state index contributed by atoms with van der Waals surface area (Å²) in [7, 11) is 0. The number of hydrogen-bond donors (Lipinski definition) is 1. The third-order valence-corrected chi connectivity index (χ3v) is 7.13. The first-order valence-corrected chi connectivity index (χ1v) is 10.8. The van der Waals surface area contributed by atoms with Crippen LogP contribution in [0.5, 0.6) is 0 Å². The minimum Gasteiger partial charge on any atom is -0.322 e. The van der Waals surface area contributed by atoms with E-state index in [1.54, 1.807) is 0 Å². The number of benzene rings is 2. The molecule has 3 fully saturated rings. The molecule has 30 heavy (non-hydrogen) atoms. The number of fused-ring (bicyclic) bond motifs is 3. The number of rotatable bonds is 3. The molecule has 2 aromatic carbocycles. The highest BCUT2D eigenvalue weighted by atomic mass is 16.2. The fourth-order valence-corrected chi connectivity index (χ4v) is 5.97. The van der Waals surface area contributed by atoms with Gasteiger partial charge in [0.15, 0.2) is 6.04 Å². The van der Waals surface area contributed by atoms with Gasteiger partial charge in [0.1, 0.15) is 17.9 Å². The maximum atomic E-state index is 13.6. The van der Waals surface area contributed by atoms with Crippen LogP contribution in [0.1, 0.15) is 39.9 Å². The number of nitrogens with one attached hydrogen (secondary N) is 1. The van der Waals surface area contributed by atoms with E-state index in [0.717, 1.165) is 41.0 Å². The van der Waals surface area contributed by atoms with Crippen LogP contribution in [0.2, 0.25) is 0 Å². The number of ketones is 1. The van der Waals surface area contributed by atoms with E-state index in [0.29, 0.717) is 11.3 Å². The molecule has 0 bridgehead atoms. The first-order valence-electron chi connectivity index (χ1n) is 10.8. The molecule has 0 aliphatic carbocycles. The molecule has 0 aromatic heterocycles. The van der Waals surface area contributed by atoms with Crippen molar-refractivity contribution in [3.05, 3.63) is 64.7 Å². The second kappa shape index (κ2) is 6.88. The van der Waals surface area contributed by atoms with Crippen LogP contribution in [0.15, 0.2) is 42.5 Å². The van der Waals surface area contributed by atoms with Crippen molar-refractivity contribution < 1.29 is 19.3 Å². The Balaban J connectivity index is 1.56. The molecule has 154 valence electrons. The minimum absolute atomic E-state index is 0.00665. The Bertz CT molecular complexity index is 1040. The molecule has 3 aliphatic rings. The molecule has 3 heterocycles. The SMILES string of the molecule is Cc1ccc(C(=O)[C@@H]2[C@H]3C(=O)N(c4cc(C)cc(C)c4)C(=O)[C@@H]3[C@H]3CCC[NH+]32)cc1. The third kappa shape index (κ3) is 2.76. The lowest BCUT2D eigenvalue weighted by molar-refractivity contribution is -0.915. The average Bonchev–Trinajstić information content (AvgIpc) is 3.33. The summed E-state index contributed by atoms with van der Waals surface area (Å²) in [6.07, 6.45) is 1.89. The highest BCUT2D eigenvalue weighted by Crippen LogP contribution is 2.40. The summed E-state index contributed by atoms with van der Waals surface area (Å²) in [5, 5.41) is 0. The van der Waals surface area contributed by atoms with Gasteiger partial charge in [-0.25, -0.2) is 4.90 Å². The topological polar surface area (TPSA) is 58.9 Å². The Morgan fingerprint density at radius 1 is 0.900 bits per heavy atom. The van der Waals surface area contributed by atoms with Crippen LogP contribution in [0.3, 0.4) is 0 Å². The first-order chi connectivity index (χ1) is 14.4. The molecule has 5 nitrogen and oxygen atoms in total. The second-order valence-corrected chi connectivity index (χ2v) is 9.19. The van der Waals surface area contributed by atoms with Crippen molar-refractivity contribution in [3.8, 4) is 0 Å². The summed E-state index contributed by atoms with van der Waals surface area (Å²) in [6.45, 7) is 6.77. The smallest absolute Gasteiger partial charge is 0.244 e. The fraction of sp³-hybridized carbons (Fsp3) is 0.400. The Labute approximate surface area is 176 Å². The summed E-state index contributed by atoms with van der Waals surface area (Å²) in [6, 6.07) is 12.9. The van der Waals surface area contributed by atoms with Crippen LogP contribution in [0.25, 0.3) is 0 Å². The van der Waals surface area contributed by atoms with E-state index < -0.39 is 17.9 Å². The van der Waals surface area contributed by atoms with Crippen LogP contribution < -0.4 is 9.80 Å². The standard InChI is InChI=1S/C25H26N2O3/c1-14-6-8-17(9-7-14)23(28)22-21-20(19-5-4-10-26(19)22)24(29)27(25(21)30)18-12-15(2)11-16(3)13-18/h6-9,11-13,19-22H,4-5,10H2,1-3H3/p+1/t19-,20-,21+,22+/m1/s1. The lowest BCUT2D eigenvalue weighted by Crippen LogP contribution is -3.16. The highest BCUT2D eigenvalue weighted by Gasteiger charge is 2.68. The number of imide groups is 1. The lowest BCUT2D eigenvalue weighted by atomic mass is 9.85. The second-order valence-electron chi connectivity index (χ2n) is 9.19. The number of carbonyl (C=O) groups excluding carboxylic acids is 3. The Morgan fingerprint density at radius 3 is 2.20 bits per heavy atom. The summed E-state index contributed by atoms with van der Waals surface area (Å²) in [5.41, 5.74) is 4.40. The number of Topliss-reactive ketones (excluding diaryl/α,β-unsaturated/α-hetero) is 1. The molecule has 0 spiro atoms. The van der Waals surface area contributed by atoms with Crippen molar-refractivity contribution in [2.75, 3.05) is 11.4 Å². The zero-order chi connectivity index (χ0) is 21.2. The maximum absolute atomic E-state index is 13.6. The number of amides is 2. The highest BCUT2D eigenvalue weighted by molar-refractivity contribution is 6.24. The van der Waals surface area contributed by atoms with Crippen LogP contribution in [-0.4, -0.2) is 36.2 Å². The van der Waals surface area contributed by atoms with Crippen LogP contribution in [0, 0.1) is 32.6 Å². The van der Waals surface area contributed by atoms with Gasteiger partial charge in [0.2, 0.25) is 17.6 Å². The van der Waals surface area contributed by atoms with E-state index in [4.69, 9.17) is 0 Å². The van der Waals surface area contributed by atoms with Gasteiger partial charge < -0.3 is 4.90 Å². The summed E-state index contributed by atoms with van der Waals surface area (Å²) in [5.74, 6) is -1.29. The molecule has 5 heteroatoms. The van der Waals surface area contributed by atoms with Crippen molar-refractivity contribution >= 4 is 23.3 Å². The van der Waals surface area contributed by atoms with Gasteiger partial charge in [-0.05, 0) is 44.0 Å². The molecule has 0 saturated carbocycles. The zero-order valence-corrected chi connectivity index (χ0v) is 17.6. The number of carbonyl (C=O) groups is 3. The molecular weight excluding hydrogens is 376 g/mol. The number of nitrogens with zero attached hydrogens (tertiary/aromatic N) is 1. The lowest BCUT2D eigenvalue weighted by Gasteiger charge is -2.25. The largest absolute Gasteiger partial charge is 0.322 e. The van der Waals surface area contributed by atoms with E-state index in [1.807, 2.05) is 63.2 Å².